The number of carbonyl (C=O) groups is 1. The predicted molar refractivity (Wildman–Crippen MR) is 168 cm³/mol. The van der Waals surface area contributed by atoms with Crippen molar-refractivity contribution < 1.29 is 18.0 Å². The maximum absolute atomic E-state index is 13.1. The van der Waals surface area contributed by atoms with Crippen molar-refractivity contribution in [2.24, 2.45) is 0 Å². The average Bonchev–Trinajstić information content (AvgIpc) is 3.42. The van der Waals surface area contributed by atoms with E-state index < -0.39 is 11.7 Å². The Kier molecular flexibility index (Phi) is 8.65. The fraction of sp³-hybridized carbons (Fsp3) is 0.273. The first kappa shape index (κ1) is 30.1. The third kappa shape index (κ3) is 7.58. The summed E-state index contributed by atoms with van der Waals surface area (Å²) in [7, 11) is 0. The molecule has 0 unspecified atom stereocenters. The molecular formula is C33H33F3N8O. The topological polar surface area (TPSA) is 100 Å². The Balaban J connectivity index is 1.23. The molecule has 45 heavy (non-hydrogen) atoms. The molecule has 6 rings (SSSR count). The van der Waals surface area contributed by atoms with Crippen LogP contribution in [0.1, 0.15) is 36.5 Å². The fourth-order valence-corrected chi connectivity index (χ4v) is 5.44. The molecule has 1 aliphatic heterocycles. The number of anilines is 4. The highest BCUT2D eigenvalue weighted by molar-refractivity contribution is 5.89. The molecule has 1 aliphatic rings. The molecule has 2 aromatic heterocycles. The maximum atomic E-state index is 13.1. The minimum absolute atomic E-state index is 0.159. The van der Waals surface area contributed by atoms with E-state index in [1.165, 1.54) is 24.6 Å². The molecule has 0 radical (unpaired) electrons. The number of benzene rings is 3. The summed E-state index contributed by atoms with van der Waals surface area (Å²) in [6, 6.07) is 22.9. The van der Waals surface area contributed by atoms with Gasteiger partial charge in [0.1, 0.15) is 0 Å². The Morgan fingerprint density at radius 3 is 2.20 bits per heavy atom. The third-order valence-electron chi connectivity index (χ3n) is 7.74. The molecule has 1 saturated heterocycles. The summed E-state index contributed by atoms with van der Waals surface area (Å²) in [6.07, 6.45) is -0.931. The van der Waals surface area contributed by atoms with Gasteiger partial charge in [0.05, 0.1) is 18.4 Å². The van der Waals surface area contributed by atoms with E-state index in [1.807, 2.05) is 18.2 Å². The Morgan fingerprint density at radius 2 is 1.53 bits per heavy atom. The van der Waals surface area contributed by atoms with Crippen LogP contribution in [-0.2, 0) is 24.1 Å². The molecule has 0 atom stereocenters. The minimum Gasteiger partial charge on any atom is -0.351 e. The zero-order valence-corrected chi connectivity index (χ0v) is 24.7. The molecule has 1 fully saturated rings. The number of hydrogen-bond donors (Lipinski definition) is 3. The minimum atomic E-state index is -4.40. The van der Waals surface area contributed by atoms with Crippen molar-refractivity contribution in [3.63, 3.8) is 0 Å². The predicted octanol–water partition coefficient (Wildman–Crippen LogP) is 6.67. The van der Waals surface area contributed by atoms with Crippen LogP contribution in [-0.4, -0.2) is 49.5 Å². The largest absolute Gasteiger partial charge is 0.416 e. The first-order valence-electron chi connectivity index (χ1n) is 14.8. The van der Waals surface area contributed by atoms with Gasteiger partial charge >= 0.3 is 6.18 Å². The van der Waals surface area contributed by atoms with Gasteiger partial charge in [-0.1, -0.05) is 42.5 Å². The van der Waals surface area contributed by atoms with E-state index in [9.17, 15) is 18.0 Å². The molecule has 0 spiro atoms. The smallest absolute Gasteiger partial charge is 0.351 e. The van der Waals surface area contributed by atoms with E-state index >= 15 is 0 Å². The van der Waals surface area contributed by atoms with Crippen LogP contribution < -0.4 is 16.0 Å². The highest BCUT2D eigenvalue weighted by atomic mass is 19.4. The van der Waals surface area contributed by atoms with Crippen molar-refractivity contribution in [2.75, 3.05) is 29.0 Å². The van der Waals surface area contributed by atoms with Crippen molar-refractivity contribution in [1.82, 2.24) is 24.4 Å². The van der Waals surface area contributed by atoms with Gasteiger partial charge in [-0.2, -0.15) is 23.1 Å². The quantitative estimate of drug-likeness (QED) is 0.171. The Labute approximate surface area is 258 Å². The van der Waals surface area contributed by atoms with Gasteiger partial charge in [0.2, 0.25) is 11.9 Å². The average molecular weight is 615 g/mol. The molecular weight excluding hydrogens is 581 g/mol. The van der Waals surface area contributed by atoms with Gasteiger partial charge in [-0.3, -0.25) is 9.69 Å². The van der Waals surface area contributed by atoms with Gasteiger partial charge in [-0.25, -0.2) is 4.98 Å². The van der Waals surface area contributed by atoms with Crippen LogP contribution in [0.25, 0.3) is 11.2 Å². The van der Waals surface area contributed by atoms with Crippen LogP contribution in [0.5, 0.6) is 0 Å². The lowest BCUT2D eigenvalue weighted by Crippen LogP contribution is -2.39. The number of halogens is 3. The number of piperidine rings is 1. The van der Waals surface area contributed by atoms with Gasteiger partial charge in [0, 0.05) is 44.0 Å². The van der Waals surface area contributed by atoms with Gasteiger partial charge in [0.25, 0.3) is 0 Å². The number of hydrogen-bond acceptors (Lipinski definition) is 7. The SMILES string of the molecule is CC(=O)Nc1ccc(Nc2nc(NC3CCN(Cc4ccccc4)CC3)nc3c2ncn3Cc2ccc(C(F)(F)F)cc2)cc1. The van der Waals surface area contributed by atoms with Crippen LogP contribution in [0, 0.1) is 0 Å². The number of imidazole rings is 1. The molecule has 0 bridgehead atoms. The van der Waals surface area contributed by atoms with E-state index in [0.717, 1.165) is 50.3 Å². The van der Waals surface area contributed by atoms with Crippen LogP contribution in [0.4, 0.5) is 36.3 Å². The van der Waals surface area contributed by atoms with E-state index in [4.69, 9.17) is 9.97 Å². The van der Waals surface area contributed by atoms with Gasteiger partial charge in [0.15, 0.2) is 17.0 Å². The van der Waals surface area contributed by atoms with Crippen molar-refractivity contribution in [3.05, 3.63) is 102 Å². The second-order valence-corrected chi connectivity index (χ2v) is 11.2. The van der Waals surface area contributed by atoms with Crippen molar-refractivity contribution in [2.45, 2.75) is 45.1 Å². The van der Waals surface area contributed by atoms with Crippen molar-refractivity contribution >= 4 is 40.2 Å². The van der Waals surface area contributed by atoms with E-state index in [-0.39, 0.29) is 18.5 Å². The lowest BCUT2D eigenvalue weighted by Gasteiger charge is -2.32. The summed E-state index contributed by atoms with van der Waals surface area (Å²) >= 11 is 0. The van der Waals surface area contributed by atoms with E-state index in [1.54, 1.807) is 23.0 Å². The summed E-state index contributed by atoms with van der Waals surface area (Å²) in [5.41, 5.74) is 3.76. The number of aromatic nitrogens is 4. The molecule has 3 heterocycles. The number of amides is 1. The lowest BCUT2D eigenvalue weighted by molar-refractivity contribution is -0.137. The molecule has 3 N–H and O–H groups in total. The normalized spacial score (nSPS) is 14.4. The molecule has 0 aliphatic carbocycles. The first-order valence-corrected chi connectivity index (χ1v) is 14.8. The van der Waals surface area contributed by atoms with E-state index in [0.29, 0.717) is 34.2 Å². The third-order valence-corrected chi connectivity index (χ3v) is 7.74. The number of nitrogens with zero attached hydrogens (tertiary/aromatic N) is 5. The number of nitrogens with one attached hydrogen (secondary N) is 3. The molecule has 5 aromatic rings. The van der Waals surface area contributed by atoms with Gasteiger partial charge in [-0.05, 0) is 60.4 Å². The highest BCUT2D eigenvalue weighted by Gasteiger charge is 2.30. The van der Waals surface area contributed by atoms with Crippen molar-refractivity contribution in [3.8, 4) is 0 Å². The maximum Gasteiger partial charge on any atom is 0.416 e. The fourth-order valence-electron chi connectivity index (χ4n) is 5.44. The molecule has 9 nitrogen and oxygen atoms in total. The summed E-state index contributed by atoms with van der Waals surface area (Å²) in [6.45, 7) is 4.52. The van der Waals surface area contributed by atoms with Gasteiger partial charge in [-0.15, -0.1) is 0 Å². The Hall–Kier alpha value is -4.97. The van der Waals surface area contributed by atoms with Crippen LogP contribution in [0.3, 0.4) is 0 Å². The molecule has 0 saturated carbocycles. The summed E-state index contributed by atoms with van der Waals surface area (Å²) < 4.78 is 41.1. The number of alkyl halides is 3. The standard InChI is InChI=1S/C33H33F3N8O/c1-22(45)38-26-11-13-27(14-12-26)39-30-29-31(44(21-37-29)20-24-7-9-25(10-8-24)33(34,35)36)42-32(41-30)40-28-15-17-43(18-16-28)19-23-5-3-2-4-6-23/h2-14,21,28H,15-20H2,1H3,(H,38,45)(H2,39,40,41,42). The van der Waals surface area contributed by atoms with E-state index in [2.05, 4.69) is 50.1 Å². The zero-order valence-electron chi connectivity index (χ0n) is 24.7. The number of fused-ring (bicyclic) bond motifs is 1. The van der Waals surface area contributed by atoms with Crippen LogP contribution in [0.2, 0.25) is 0 Å². The zero-order chi connectivity index (χ0) is 31.4. The van der Waals surface area contributed by atoms with Crippen molar-refractivity contribution in [1.29, 1.82) is 0 Å². The first-order chi connectivity index (χ1) is 21.7. The van der Waals surface area contributed by atoms with Crippen LogP contribution >= 0.6 is 0 Å². The van der Waals surface area contributed by atoms with Gasteiger partial charge < -0.3 is 20.5 Å². The molecule has 1 amide bonds. The lowest BCUT2D eigenvalue weighted by atomic mass is 10.0. The Bertz CT molecular complexity index is 1750. The number of likely N-dealkylation sites (tertiary alicyclic amines) is 1. The number of carbonyl (C=O) groups excluding carboxylic acids is 1. The second kappa shape index (κ2) is 12.9. The molecule has 12 heteroatoms. The Morgan fingerprint density at radius 1 is 0.867 bits per heavy atom. The summed E-state index contributed by atoms with van der Waals surface area (Å²) in [5, 5.41) is 9.60. The molecule has 232 valence electrons. The number of rotatable bonds is 9. The highest BCUT2D eigenvalue weighted by Crippen LogP contribution is 2.30. The summed E-state index contributed by atoms with van der Waals surface area (Å²) in [5.74, 6) is 0.770. The summed E-state index contributed by atoms with van der Waals surface area (Å²) in [4.78, 5) is 28.0. The second-order valence-electron chi connectivity index (χ2n) is 11.2. The van der Waals surface area contributed by atoms with Crippen LogP contribution in [0.15, 0.2) is 85.2 Å². The molecule has 3 aromatic carbocycles. The monoisotopic (exact) mass is 614 g/mol.